The zero-order valence-electron chi connectivity index (χ0n) is 16.6. The predicted octanol–water partition coefficient (Wildman–Crippen LogP) is 5.07. The lowest BCUT2D eigenvalue weighted by atomic mass is 10.1. The number of anilines is 1. The van der Waals surface area contributed by atoms with E-state index in [0.29, 0.717) is 0 Å². The van der Waals surface area contributed by atoms with Gasteiger partial charge in [0.1, 0.15) is 5.69 Å². The fourth-order valence-corrected chi connectivity index (χ4v) is 3.48. The maximum Gasteiger partial charge on any atom is 0.248 e. The second-order valence-corrected chi connectivity index (χ2v) is 7.02. The molecule has 0 aliphatic carbocycles. The van der Waals surface area contributed by atoms with Crippen molar-refractivity contribution in [2.75, 3.05) is 5.32 Å². The van der Waals surface area contributed by atoms with Crippen LogP contribution >= 0.6 is 0 Å². The third-order valence-corrected chi connectivity index (χ3v) is 4.97. The maximum atomic E-state index is 12.6. The van der Waals surface area contributed by atoms with E-state index in [9.17, 15) is 4.79 Å². The number of para-hydroxylation sites is 1. The first-order chi connectivity index (χ1) is 15.3. The number of benzene rings is 2. The summed E-state index contributed by atoms with van der Waals surface area (Å²) in [7, 11) is 0. The molecule has 31 heavy (non-hydrogen) atoms. The van der Waals surface area contributed by atoms with Crippen molar-refractivity contribution in [1.82, 2.24) is 19.7 Å². The van der Waals surface area contributed by atoms with Crippen molar-refractivity contribution >= 4 is 28.6 Å². The fourth-order valence-electron chi connectivity index (χ4n) is 3.48. The van der Waals surface area contributed by atoms with Crippen LogP contribution in [0.1, 0.15) is 5.56 Å². The van der Waals surface area contributed by atoms with Gasteiger partial charge in [-0.25, -0.2) is 4.68 Å². The number of amides is 1. The molecule has 0 aliphatic heterocycles. The lowest BCUT2D eigenvalue weighted by Crippen LogP contribution is -2.07. The highest BCUT2D eigenvalue weighted by Crippen LogP contribution is 2.25. The maximum absolute atomic E-state index is 12.6. The van der Waals surface area contributed by atoms with E-state index < -0.39 is 0 Å². The Hall–Kier alpha value is -4.45. The third-order valence-electron chi connectivity index (χ3n) is 4.97. The van der Waals surface area contributed by atoms with E-state index in [1.807, 2.05) is 79.1 Å². The SMILES string of the molecule is O=C(/C=C/c1cn(-c2ccccc2)nc1-c1cccnc1)Nc1cccc2[nH]ccc12. The van der Waals surface area contributed by atoms with Gasteiger partial charge in [-0.3, -0.25) is 9.78 Å². The van der Waals surface area contributed by atoms with Crippen LogP contribution in [0.2, 0.25) is 0 Å². The molecule has 2 aromatic carbocycles. The molecule has 2 N–H and O–H groups in total. The second kappa shape index (κ2) is 8.12. The average molecular weight is 405 g/mol. The molecule has 0 saturated carbocycles. The predicted molar refractivity (Wildman–Crippen MR) is 123 cm³/mol. The molecule has 0 saturated heterocycles. The van der Waals surface area contributed by atoms with E-state index in [4.69, 9.17) is 5.10 Å². The smallest absolute Gasteiger partial charge is 0.248 e. The van der Waals surface area contributed by atoms with Crippen LogP contribution in [0, 0.1) is 0 Å². The minimum absolute atomic E-state index is 0.210. The molecule has 0 fully saturated rings. The lowest BCUT2D eigenvalue weighted by molar-refractivity contribution is -0.111. The summed E-state index contributed by atoms with van der Waals surface area (Å²) in [5, 5.41) is 8.66. The summed E-state index contributed by atoms with van der Waals surface area (Å²) in [5.74, 6) is -0.210. The Morgan fingerprint density at radius 1 is 1.00 bits per heavy atom. The molecule has 3 heterocycles. The number of nitrogens with one attached hydrogen (secondary N) is 2. The number of hydrogen-bond donors (Lipinski definition) is 2. The number of hydrogen-bond acceptors (Lipinski definition) is 3. The van der Waals surface area contributed by atoms with Gasteiger partial charge in [-0.05, 0) is 48.5 Å². The zero-order chi connectivity index (χ0) is 21.0. The molecule has 150 valence electrons. The van der Waals surface area contributed by atoms with E-state index in [2.05, 4.69) is 15.3 Å². The molecule has 0 radical (unpaired) electrons. The van der Waals surface area contributed by atoms with Crippen LogP contribution in [0.25, 0.3) is 33.9 Å². The highest BCUT2D eigenvalue weighted by atomic mass is 16.1. The van der Waals surface area contributed by atoms with E-state index in [1.54, 1.807) is 23.2 Å². The van der Waals surface area contributed by atoms with Crippen LogP contribution in [0.15, 0.2) is 97.6 Å². The van der Waals surface area contributed by atoms with Crippen molar-refractivity contribution in [3.63, 3.8) is 0 Å². The third kappa shape index (κ3) is 3.86. The standard InChI is InChI=1S/C25H19N5O/c31-24(28-23-10-4-9-22-21(23)13-15-27-22)12-11-19-17-30(20-7-2-1-3-8-20)29-25(19)18-6-5-14-26-16-18/h1-17,27H,(H,28,31)/b12-11+. The lowest BCUT2D eigenvalue weighted by Gasteiger charge is -2.03. The van der Waals surface area contributed by atoms with E-state index in [-0.39, 0.29) is 5.91 Å². The number of rotatable bonds is 5. The number of nitrogens with zero attached hydrogens (tertiary/aromatic N) is 3. The van der Waals surface area contributed by atoms with Gasteiger partial charge in [0.05, 0.1) is 11.4 Å². The molecule has 0 spiro atoms. The number of carbonyl (C=O) groups excluding carboxylic acids is 1. The monoisotopic (exact) mass is 405 g/mol. The van der Waals surface area contributed by atoms with Crippen LogP contribution in [0.3, 0.4) is 0 Å². The van der Waals surface area contributed by atoms with Crippen LogP contribution in [0.5, 0.6) is 0 Å². The van der Waals surface area contributed by atoms with Gasteiger partial charge in [0.2, 0.25) is 5.91 Å². The van der Waals surface area contributed by atoms with Crippen molar-refractivity contribution in [1.29, 1.82) is 0 Å². The van der Waals surface area contributed by atoms with Crippen molar-refractivity contribution in [3.8, 4) is 16.9 Å². The molecule has 6 nitrogen and oxygen atoms in total. The van der Waals surface area contributed by atoms with Crippen LogP contribution in [-0.4, -0.2) is 25.7 Å². The van der Waals surface area contributed by atoms with Crippen LogP contribution in [-0.2, 0) is 4.79 Å². The summed E-state index contributed by atoms with van der Waals surface area (Å²) in [6, 6.07) is 21.4. The number of H-pyrrole nitrogens is 1. The first kappa shape index (κ1) is 18.6. The van der Waals surface area contributed by atoms with Gasteiger partial charge < -0.3 is 10.3 Å². The highest BCUT2D eigenvalue weighted by molar-refractivity contribution is 6.07. The van der Waals surface area contributed by atoms with Gasteiger partial charge in [0.25, 0.3) is 0 Å². The van der Waals surface area contributed by atoms with Crippen LogP contribution < -0.4 is 5.32 Å². The van der Waals surface area contributed by atoms with Crippen LogP contribution in [0.4, 0.5) is 5.69 Å². The summed E-state index contributed by atoms with van der Waals surface area (Å²) in [6.45, 7) is 0. The van der Waals surface area contributed by atoms with Crippen molar-refractivity contribution in [2.24, 2.45) is 0 Å². The zero-order valence-corrected chi connectivity index (χ0v) is 16.6. The number of aromatic amines is 1. The molecule has 0 unspecified atom stereocenters. The summed E-state index contributed by atoms with van der Waals surface area (Å²) in [5.41, 5.74) is 5.15. The molecular weight excluding hydrogens is 386 g/mol. The Balaban J connectivity index is 1.46. The Bertz CT molecular complexity index is 1370. The Kier molecular flexibility index (Phi) is 4.86. The Labute approximate surface area is 178 Å². The second-order valence-electron chi connectivity index (χ2n) is 7.02. The summed E-state index contributed by atoms with van der Waals surface area (Å²) in [6.07, 6.45) is 10.6. The largest absolute Gasteiger partial charge is 0.361 e. The van der Waals surface area contributed by atoms with Gasteiger partial charge in [-0.2, -0.15) is 5.10 Å². The summed E-state index contributed by atoms with van der Waals surface area (Å²) < 4.78 is 1.81. The molecule has 0 bridgehead atoms. The molecule has 0 atom stereocenters. The first-order valence-corrected chi connectivity index (χ1v) is 9.88. The molecule has 1 amide bonds. The topological polar surface area (TPSA) is 75.6 Å². The summed E-state index contributed by atoms with van der Waals surface area (Å²) in [4.78, 5) is 20.0. The van der Waals surface area contributed by atoms with E-state index >= 15 is 0 Å². The molecule has 0 aliphatic rings. The first-order valence-electron chi connectivity index (χ1n) is 9.88. The Morgan fingerprint density at radius 3 is 2.74 bits per heavy atom. The minimum Gasteiger partial charge on any atom is -0.361 e. The average Bonchev–Trinajstić information content (AvgIpc) is 3.47. The highest BCUT2D eigenvalue weighted by Gasteiger charge is 2.11. The van der Waals surface area contributed by atoms with Crippen molar-refractivity contribution in [3.05, 3.63) is 103 Å². The number of fused-ring (bicyclic) bond motifs is 1. The summed E-state index contributed by atoms with van der Waals surface area (Å²) >= 11 is 0. The minimum atomic E-state index is -0.210. The molecule has 5 rings (SSSR count). The normalized spacial score (nSPS) is 11.2. The molecular formula is C25H19N5O. The fraction of sp³-hybridized carbons (Fsp3) is 0. The van der Waals surface area contributed by atoms with Crippen molar-refractivity contribution in [2.45, 2.75) is 0 Å². The number of pyridine rings is 1. The van der Waals surface area contributed by atoms with E-state index in [1.165, 1.54) is 6.08 Å². The van der Waals surface area contributed by atoms with Gasteiger partial charge >= 0.3 is 0 Å². The Morgan fingerprint density at radius 2 is 1.90 bits per heavy atom. The quantitative estimate of drug-likeness (QED) is 0.401. The number of carbonyl (C=O) groups is 1. The van der Waals surface area contributed by atoms with E-state index in [0.717, 1.165) is 39.1 Å². The van der Waals surface area contributed by atoms with Gasteiger partial charge in [-0.15, -0.1) is 0 Å². The van der Waals surface area contributed by atoms with Gasteiger partial charge in [0, 0.05) is 52.9 Å². The molecule has 6 heteroatoms. The number of aromatic nitrogens is 4. The molecule has 3 aromatic heterocycles. The van der Waals surface area contributed by atoms with Gasteiger partial charge in [0.15, 0.2) is 0 Å². The van der Waals surface area contributed by atoms with Gasteiger partial charge in [-0.1, -0.05) is 24.3 Å². The van der Waals surface area contributed by atoms with Crippen molar-refractivity contribution < 1.29 is 4.79 Å². The molecule has 5 aromatic rings.